The monoisotopic (exact) mass is 331 g/mol. The maximum absolute atomic E-state index is 12.3. The zero-order valence-corrected chi connectivity index (χ0v) is 14.4. The van der Waals surface area contributed by atoms with Crippen LogP contribution in [0.4, 0.5) is 5.69 Å². The highest BCUT2D eigenvalue weighted by Crippen LogP contribution is 2.20. The van der Waals surface area contributed by atoms with Crippen molar-refractivity contribution in [2.45, 2.75) is 26.0 Å². The van der Waals surface area contributed by atoms with Crippen LogP contribution in [0.5, 0.6) is 0 Å². The van der Waals surface area contributed by atoms with Gasteiger partial charge in [0, 0.05) is 51.4 Å². The maximum Gasteiger partial charge on any atom is 0.248 e. The number of rotatable bonds is 4. The molecule has 0 aromatic heterocycles. The third-order valence-corrected chi connectivity index (χ3v) is 4.80. The number of ether oxygens (including phenoxy) is 1. The summed E-state index contributed by atoms with van der Waals surface area (Å²) in [5.74, 6) is 0.0999. The predicted molar refractivity (Wildman–Crippen MR) is 91.8 cm³/mol. The van der Waals surface area contributed by atoms with Crippen LogP contribution in [-0.2, 0) is 14.3 Å². The van der Waals surface area contributed by atoms with Crippen molar-refractivity contribution < 1.29 is 14.3 Å². The van der Waals surface area contributed by atoms with Gasteiger partial charge in [0.15, 0.2) is 0 Å². The third kappa shape index (κ3) is 3.70. The summed E-state index contributed by atoms with van der Waals surface area (Å²) in [4.78, 5) is 29.4. The number of anilines is 1. The first-order chi connectivity index (χ1) is 11.5. The van der Waals surface area contributed by atoms with E-state index in [1.165, 1.54) is 5.69 Å². The summed E-state index contributed by atoms with van der Waals surface area (Å²) in [6, 6.07) is 10.6. The first-order valence-electron chi connectivity index (χ1n) is 8.51. The van der Waals surface area contributed by atoms with Crippen molar-refractivity contribution in [3.8, 4) is 0 Å². The van der Waals surface area contributed by atoms with Gasteiger partial charge in [-0.25, -0.2) is 0 Å². The van der Waals surface area contributed by atoms with Gasteiger partial charge in [-0.05, 0) is 19.1 Å². The number of piperazine rings is 1. The molecule has 2 aliphatic heterocycles. The molecule has 0 bridgehead atoms. The molecule has 1 atom stereocenters. The Balaban J connectivity index is 1.44. The van der Waals surface area contributed by atoms with Crippen molar-refractivity contribution in [3.63, 3.8) is 0 Å². The average molecular weight is 331 g/mol. The number of hydrogen-bond acceptors (Lipinski definition) is 4. The minimum Gasteiger partial charge on any atom is -0.365 e. The van der Waals surface area contributed by atoms with Crippen molar-refractivity contribution in [2.24, 2.45) is 0 Å². The molecule has 0 aliphatic carbocycles. The number of likely N-dealkylation sites (tertiary alicyclic amines) is 1. The quantitative estimate of drug-likeness (QED) is 0.825. The van der Waals surface area contributed by atoms with Crippen LogP contribution in [0.3, 0.4) is 0 Å². The van der Waals surface area contributed by atoms with Gasteiger partial charge >= 0.3 is 0 Å². The van der Waals surface area contributed by atoms with Crippen molar-refractivity contribution >= 4 is 17.5 Å². The molecule has 0 spiro atoms. The smallest absolute Gasteiger partial charge is 0.248 e. The van der Waals surface area contributed by atoms with E-state index in [-0.39, 0.29) is 30.6 Å². The molecule has 0 unspecified atom stereocenters. The van der Waals surface area contributed by atoms with E-state index in [0.717, 1.165) is 6.54 Å². The molecule has 130 valence electrons. The Morgan fingerprint density at radius 3 is 2.42 bits per heavy atom. The summed E-state index contributed by atoms with van der Waals surface area (Å²) in [5.41, 5.74) is 1.20. The summed E-state index contributed by atoms with van der Waals surface area (Å²) in [6.07, 6.45) is 0.000816. The topological polar surface area (TPSA) is 53.1 Å². The van der Waals surface area contributed by atoms with Crippen molar-refractivity contribution in [2.75, 3.05) is 44.2 Å². The van der Waals surface area contributed by atoms with Gasteiger partial charge in [0.2, 0.25) is 11.8 Å². The van der Waals surface area contributed by atoms with E-state index in [9.17, 15) is 9.59 Å². The van der Waals surface area contributed by atoms with E-state index in [2.05, 4.69) is 24.0 Å². The largest absolute Gasteiger partial charge is 0.365 e. The van der Waals surface area contributed by atoms with Crippen molar-refractivity contribution in [1.82, 2.24) is 9.80 Å². The second kappa shape index (κ2) is 7.21. The highest BCUT2D eigenvalue weighted by Gasteiger charge is 2.31. The summed E-state index contributed by atoms with van der Waals surface area (Å²) >= 11 is 0. The summed E-state index contributed by atoms with van der Waals surface area (Å²) in [7, 11) is 0. The summed E-state index contributed by atoms with van der Waals surface area (Å²) in [6.45, 7) is 7.25. The molecule has 3 rings (SSSR count). The Labute approximate surface area is 143 Å². The van der Waals surface area contributed by atoms with Crippen LogP contribution in [-0.4, -0.2) is 73.1 Å². The van der Waals surface area contributed by atoms with Gasteiger partial charge in [-0.1, -0.05) is 18.2 Å². The molecule has 6 heteroatoms. The second-order valence-electron chi connectivity index (χ2n) is 6.57. The number of para-hydroxylation sites is 1. The molecule has 0 N–H and O–H groups in total. The Bertz CT molecular complexity index is 586. The molecule has 0 saturated carbocycles. The maximum atomic E-state index is 12.3. The molecule has 2 fully saturated rings. The van der Waals surface area contributed by atoms with Gasteiger partial charge in [-0.2, -0.15) is 0 Å². The predicted octanol–water partition coefficient (Wildman–Crippen LogP) is 0.971. The van der Waals surface area contributed by atoms with Crippen LogP contribution in [0.15, 0.2) is 30.3 Å². The van der Waals surface area contributed by atoms with Gasteiger partial charge in [0.25, 0.3) is 0 Å². The Morgan fingerprint density at radius 2 is 1.79 bits per heavy atom. The minimum atomic E-state index is 0.000816. The normalized spacial score (nSPS) is 21.6. The number of benzene rings is 1. The van der Waals surface area contributed by atoms with E-state index in [0.29, 0.717) is 26.2 Å². The van der Waals surface area contributed by atoms with Gasteiger partial charge in [-0.3, -0.25) is 9.59 Å². The first kappa shape index (κ1) is 16.8. The molecule has 2 heterocycles. The van der Waals surface area contributed by atoms with Crippen LogP contribution in [0.2, 0.25) is 0 Å². The second-order valence-corrected chi connectivity index (χ2v) is 6.57. The van der Waals surface area contributed by atoms with E-state index < -0.39 is 0 Å². The fraction of sp³-hybridized carbons (Fsp3) is 0.556. The standard InChI is InChI=1S/C18H25N3O3/c1-14-10-19(8-9-21(14)16-6-4-3-5-7-16)18(23)13-24-17-11-20(12-17)15(2)22/h3-7,14,17H,8-13H2,1-2H3/t14-/m0/s1. The zero-order chi connectivity index (χ0) is 17.1. The molecule has 1 aromatic carbocycles. The van der Waals surface area contributed by atoms with E-state index in [1.54, 1.807) is 11.8 Å². The fourth-order valence-corrected chi connectivity index (χ4v) is 3.27. The van der Waals surface area contributed by atoms with Crippen LogP contribution in [0.1, 0.15) is 13.8 Å². The number of carbonyl (C=O) groups is 2. The van der Waals surface area contributed by atoms with Gasteiger partial charge in [-0.15, -0.1) is 0 Å². The summed E-state index contributed by atoms with van der Waals surface area (Å²) < 4.78 is 5.62. The van der Waals surface area contributed by atoms with Crippen LogP contribution < -0.4 is 4.90 Å². The van der Waals surface area contributed by atoms with Gasteiger partial charge in [0.05, 0.1) is 6.10 Å². The summed E-state index contributed by atoms with van der Waals surface area (Å²) in [5, 5.41) is 0. The first-order valence-corrected chi connectivity index (χ1v) is 8.51. The molecule has 2 aliphatic rings. The highest BCUT2D eigenvalue weighted by molar-refractivity contribution is 5.78. The molecule has 6 nitrogen and oxygen atoms in total. The molecular weight excluding hydrogens is 306 g/mol. The highest BCUT2D eigenvalue weighted by atomic mass is 16.5. The molecular formula is C18H25N3O3. The Kier molecular flexibility index (Phi) is 5.04. The molecule has 24 heavy (non-hydrogen) atoms. The minimum absolute atomic E-state index is 0.000816. The van der Waals surface area contributed by atoms with Crippen molar-refractivity contribution in [3.05, 3.63) is 30.3 Å². The average Bonchev–Trinajstić information content (AvgIpc) is 2.53. The van der Waals surface area contributed by atoms with E-state index in [4.69, 9.17) is 4.74 Å². The SMILES string of the molecule is CC(=O)N1CC(OCC(=O)N2CCN(c3ccccc3)[C@@H](C)C2)C1. The lowest BCUT2D eigenvalue weighted by atomic mass is 10.1. The number of nitrogens with zero attached hydrogens (tertiary/aromatic N) is 3. The van der Waals surface area contributed by atoms with Gasteiger partial charge in [0.1, 0.15) is 6.61 Å². The van der Waals surface area contributed by atoms with Gasteiger partial charge < -0.3 is 19.4 Å². The number of amides is 2. The molecule has 2 saturated heterocycles. The lowest BCUT2D eigenvalue weighted by Crippen LogP contribution is -2.56. The van der Waals surface area contributed by atoms with E-state index >= 15 is 0 Å². The zero-order valence-electron chi connectivity index (χ0n) is 14.4. The van der Waals surface area contributed by atoms with Crippen molar-refractivity contribution in [1.29, 1.82) is 0 Å². The lowest BCUT2D eigenvalue weighted by molar-refractivity contribution is -0.150. The Morgan fingerprint density at radius 1 is 1.08 bits per heavy atom. The van der Waals surface area contributed by atoms with E-state index in [1.807, 2.05) is 23.1 Å². The fourth-order valence-electron chi connectivity index (χ4n) is 3.27. The lowest BCUT2D eigenvalue weighted by Gasteiger charge is -2.42. The van der Waals surface area contributed by atoms with Crippen LogP contribution in [0, 0.1) is 0 Å². The van der Waals surface area contributed by atoms with Crippen LogP contribution >= 0.6 is 0 Å². The molecule has 0 radical (unpaired) electrons. The Hall–Kier alpha value is -2.08. The third-order valence-electron chi connectivity index (χ3n) is 4.80. The molecule has 2 amide bonds. The van der Waals surface area contributed by atoms with Crippen LogP contribution in [0.25, 0.3) is 0 Å². The number of hydrogen-bond donors (Lipinski definition) is 0. The number of carbonyl (C=O) groups excluding carboxylic acids is 2. The molecule has 1 aromatic rings.